The summed E-state index contributed by atoms with van der Waals surface area (Å²) in [4.78, 5) is 23.4. The van der Waals surface area contributed by atoms with Crippen molar-refractivity contribution in [3.05, 3.63) is 0 Å². The molecule has 4 nitrogen and oxygen atoms in total. The van der Waals surface area contributed by atoms with Gasteiger partial charge in [0.05, 0.1) is 5.41 Å². The molecule has 0 aromatic rings. The van der Waals surface area contributed by atoms with Gasteiger partial charge in [0.25, 0.3) is 0 Å². The van der Waals surface area contributed by atoms with Gasteiger partial charge >= 0.3 is 5.97 Å². The second kappa shape index (κ2) is 6.40. The van der Waals surface area contributed by atoms with E-state index >= 15 is 0 Å². The SMILES string of the molecule is O=C(CC1CCCC1)NCC1(C(=O)O)CCCCC1. The molecule has 2 aliphatic carbocycles. The number of nitrogens with one attached hydrogen (secondary N) is 1. The van der Waals surface area contributed by atoms with Crippen LogP contribution in [0.1, 0.15) is 64.2 Å². The minimum atomic E-state index is -0.742. The molecular weight excluding hydrogens is 242 g/mol. The van der Waals surface area contributed by atoms with E-state index in [-0.39, 0.29) is 5.91 Å². The van der Waals surface area contributed by atoms with Gasteiger partial charge in [-0.3, -0.25) is 9.59 Å². The van der Waals surface area contributed by atoms with Crippen LogP contribution in [0, 0.1) is 11.3 Å². The maximum absolute atomic E-state index is 11.9. The second-order valence-corrected chi connectivity index (χ2v) is 6.28. The van der Waals surface area contributed by atoms with Crippen molar-refractivity contribution in [1.29, 1.82) is 0 Å². The summed E-state index contributed by atoms with van der Waals surface area (Å²) in [6.45, 7) is 0.313. The minimum absolute atomic E-state index is 0.0399. The van der Waals surface area contributed by atoms with Crippen LogP contribution >= 0.6 is 0 Å². The van der Waals surface area contributed by atoms with Crippen molar-refractivity contribution >= 4 is 11.9 Å². The molecule has 108 valence electrons. The van der Waals surface area contributed by atoms with Crippen molar-refractivity contribution in [3.63, 3.8) is 0 Å². The monoisotopic (exact) mass is 267 g/mol. The molecule has 0 bridgehead atoms. The summed E-state index contributed by atoms with van der Waals surface area (Å²) < 4.78 is 0. The molecule has 0 saturated heterocycles. The van der Waals surface area contributed by atoms with Gasteiger partial charge in [0, 0.05) is 13.0 Å². The van der Waals surface area contributed by atoms with Crippen molar-refractivity contribution in [2.24, 2.45) is 11.3 Å². The maximum atomic E-state index is 11.9. The van der Waals surface area contributed by atoms with Crippen LogP contribution in [0.15, 0.2) is 0 Å². The molecule has 19 heavy (non-hydrogen) atoms. The first kappa shape index (κ1) is 14.4. The van der Waals surface area contributed by atoms with Gasteiger partial charge < -0.3 is 10.4 Å². The van der Waals surface area contributed by atoms with E-state index in [0.717, 1.165) is 32.1 Å². The molecule has 0 heterocycles. The van der Waals surface area contributed by atoms with Crippen LogP contribution in [0.2, 0.25) is 0 Å². The normalized spacial score (nSPS) is 23.2. The standard InChI is InChI=1S/C15H25NO3/c17-13(10-12-6-2-3-7-12)16-11-15(14(18)19)8-4-1-5-9-15/h12H,1-11H2,(H,16,17)(H,18,19). The minimum Gasteiger partial charge on any atom is -0.481 e. The third kappa shape index (κ3) is 3.71. The number of carbonyl (C=O) groups is 2. The lowest BCUT2D eigenvalue weighted by Gasteiger charge is -2.33. The molecule has 4 heteroatoms. The molecule has 2 rings (SSSR count). The number of amides is 1. The lowest BCUT2D eigenvalue weighted by Crippen LogP contribution is -2.44. The van der Waals surface area contributed by atoms with E-state index in [1.54, 1.807) is 0 Å². The molecule has 1 amide bonds. The Hall–Kier alpha value is -1.06. The van der Waals surface area contributed by atoms with Crippen molar-refractivity contribution in [3.8, 4) is 0 Å². The summed E-state index contributed by atoms with van der Waals surface area (Å²) in [7, 11) is 0. The van der Waals surface area contributed by atoms with Crippen LogP contribution in [-0.4, -0.2) is 23.5 Å². The van der Waals surface area contributed by atoms with Crippen LogP contribution < -0.4 is 5.32 Å². The lowest BCUT2D eigenvalue weighted by molar-refractivity contribution is -0.151. The summed E-state index contributed by atoms with van der Waals surface area (Å²) in [5.41, 5.74) is -0.705. The van der Waals surface area contributed by atoms with Gasteiger partial charge in [-0.1, -0.05) is 32.1 Å². The Morgan fingerprint density at radius 2 is 1.68 bits per heavy atom. The fourth-order valence-corrected chi connectivity index (χ4v) is 3.51. The van der Waals surface area contributed by atoms with Gasteiger partial charge in [0.15, 0.2) is 0 Å². The predicted molar refractivity (Wildman–Crippen MR) is 72.7 cm³/mol. The van der Waals surface area contributed by atoms with Crippen LogP contribution in [-0.2, 0) is 9.59 Å². The number of carbonyl (C=O) groups excluding carboxylic acids is 1. The Morgan fingerprint density at radius 3 is 2.26 bits per heavy atom. The summed E-state index contributed by atoms with van der Waals surface area (Å²) in [5, 5.41) is 12.3. The first-order chi connectivity index (χ1) is 9.12. The first-order valence-electron chi connectivity index (χ1n) is 7.62. The Bertz CT molecular complexity index is 328. The molecule has 0 radical (unpaired) electrons. The van der Waals surface area contributed by atoms with Gasteiger partial charge in [-0.25, -0.2) is 0 Å². The fourth-order valence-electron chi connectivity index (χ4n) is 3.51. The predicted octanol–water partition coefficient (Wildman–Crippen LogP) is 2.72. The van der Waals surface area contributed by atoms with Crippen molar-refractivity contribution in [2.75, 3.05) is 6.54 Å². The number of aliphatic carboxylic acids is 1. The first-order valence-corrected chi connectivity index (χ1v) is 7.62. The molecule has 0 spiro atoms. The van der Waals surface area contributed by atoms with E-state index in [1.807, 2.05) is 0 Å². The molecule has 0 unspecified atom stereocenters. The number of rotatable bonds is 5. The quantitative estimate of drug-likeness (QED) is 0.805. The zero-order valence-electron chi connectivity index (χ0n) is 11.6. The summed E-state index contributed by atoms with van der Waals surface area (Å²) in [5.74, 6) is -0.182. The zero-order valence-corrected chi connectivity index (χ0v) is 11.6. The van der Waals surface area contributed by atoms with Crippen molar-refractivity contribution in [1.82, 2.24) is 5.32 Å². The second-order valence-electron chi connectivity index (χ2n) is 6.28. The molecule has 0 aromatic heterocycles. The van der Waals surface area contributed by atoms with Gasteiger partial charge in [0.1, 0.15) is 0 Å². The highest BCUT2D eigenvalue weighted by molar-refractivity contribution is 5.79. The Morgan fingerprint density at radius 1 is 1.05 bits per heavy atom. The third-order valence-corrected chi connectivity index (χ3v) is 4.84. The van der Waals surface area contributed by atoms with E-state index in [2.05, 4.69) is 5.32 Å². The summed E-state index contributed by atoms with van der Waals surface area (Å²) >= 11 is 0. The highest BCUT2D eigenvalue weighted by Gasteiger charge is 2.39. The number of hydrogen-bond donors (Lipinski definition) is 2. The molecule has 2 N–H and O–H groups in total. The fraction of sp³-hybridized carbons (Fsp3) is 0.867. The smallest absolute Gasteiger partial charge is 0.311 e. The average Bonchev–Trinajstić information content (AvgIpc) is 2.90. The molecule has 0 aliphatic heterocycles. The molecule has 2 fully saturated rings. The molecule has 0 aromatic carbocycles. The summed E-state index contributed by atoms with van der Waals surface area (Å²) in [6, 6.07) is 0. The molecule has 2 aliphatic rings. The van der Waals surface area contributed by atoms with E-state index in [9.17, 15) is 14.7 Å². The third-order valence-electron chi connectivity index (χ3n) is 4.84. The maximum Gasteiger partial charge on any atom is 0.311 e. The number of hydrogen-bond acceptors (Lipinski definition) is 2. The van der Waals surface area contributed by atoms with E-state index < -0.39 is 11.4 Å². The number of carboxylic acid groups (broad SMARTS) is 1. The topological polar surface area (TPSA) is 66.4 Å². The highest BCUT2D eigenvalue weighted by atomic mass is 16.4. The highest BCUT2D eigenvalue weighted by Crippen LogP contribution is 2.36. The Labute approximate surface area is 115 Å². The van der Waals surface area contributed by atoms with Gasteiger partial charge in [-0.15, -0.1) is 0 Å². The number of carboxylic acids is 1. The van der Waals surface area contributed by atoms with E-state index in [1.165, 1.54) is 12.8 Å². The largest absolute Gasteiger partial charge is 0.481 e. The Balaban J connectivity index is 1.81. The lowest BCUT2D eigenvalue weighted by atomic mass is 9.74. The van der Waals surface area contributed by atoms with Crippen LogP contribution in [0.25, 0.3) is 0 Å². The molecule has 0 atom stereocenters. The van der Waals surface area contributed by atoms with E-state index in [0.29, 0.717) is 31.7 Å². The van der Waals surface area contributed by atoms with Crippen molar-refractivity contribution in [2.45, 2.75) is 64.2 Å². The summed E-state index contributed by atoms with van der Waals surface area (Å²) in [6.07, 6.45) is 9.79. The van der Waals surface area contributed by atoms with Crippen LogP contribution in [0.4, 0.5) is 0 Å². The van der Waals surface area contributed by atoms with Crippen LogP contribution in [0.5, 0.6) is 0 Å². The van der Waals surface area contributed by atoms with Crippen LogP contribution in [0.3, 0.4) is 0 Å². The molecule has 2 saturated carbocycles. The van der Waals surface area contributed by atoms with E-state index in [4.69, 9.17) is 0 Å². The van der Waals surface area contributed by atoms with Gasteiger partial charge in [-0.05, 0) is 31.6 Å². The van der Waals surface area contributed by atoms with Gasteiger partial charge in [0.2, 0.25) is 5.91 Å². The Kier molecular flexibility index (Phi) is 4.83. The van der Waals surface area contributed by atoms with Crippen molar-refractivity contribution < 1.29 is 14.7 Å². The zero-order chi connectivity index (χ0) is 13.7. The van der Waals surface area contributed by atoms with Gasteiger partial charge in [-0.2, -0.15) is 0 Å². The molecular formula is C15H25NO3. The average molecular weight is 267 g/mol.